The zero-order valence-electron chi connectivity index (χ0n) is 17.3. The molecule has 3 rings (SSSR count). The number of rotatable bonds is 8. The van der Waals surface area contributed by atoms with E-state index in [4.69, 9.17) is 9.47 Å². The Labute approximate surface area is 178 Å². The fourth-order valence-corrected chi connectivity index (χ4v) is 3.62. The highest BCUT2D eigenvalue weighted by molar-refractivity contribution is 5.85. The lowest BCUT2D eigenvalue weighted by Crippen LogP contribution is -2.55. The Hall–Kier alpha value is -2.25. The summed E-state index contributed by atoms with van der Waals surface area (Å²) in [4.78, 5) is 13.3. The largest absolute Gasteiger partial charge is 0.493 e. The topological polar surface area (TPSA) is 77.4 Å². The van der Waals surface area contributed by atoms with Crippen molar-refractivity contribution in [1.29, 1.82) is 0 Å². The smallest absolute Gasteiger partial charge is 0.248 e. The van der Waals surface area contributed by atoms with E-state index in [0.29, 0.717) is 25.2 Å². The Balaban J connectivity index is 0.00000300. The first-order chi connectivity index (χ1) is 13.6. The molecule has 160 valence electrons. The summed E-state index contributed by atoms with van der Waals surface area (Å²) in [6.07, 6.45) is 5.95. The van der Waals surface area contributed by atoms with Crippen LogP contribution in [0.15, 0.2) is 36.7 Å². The van der Waals surface area contributed by atoms with Gasteiger partial charge in [0.05, 0.1) is 19.8 Å². The quantitative estimate of drug-likeness (QED) is 0.683. The monoisotopic (exact) mass is 422 g/mol. The number of hydrogen-bond donors (Lipinski definition) is 2. The van der Waals surface area contributed by atoms with Gasteiger partial charge in [-0.1, -0.05) is 13.0 Å². The van der Waals surface area contributed by atoms with E-state index in [0.717, 1.165) is 30.8 Å². The van der Waals surface area contributed by atoms with Crippen LogP contribution in [0, 0.1) is 0 Å². The average Bonchev–Trinajstić information content (AvgIpc) is 3.28. The van der Waals surface area contributed by atoms with Gasteiger partial charge in [0.25, 0.3) is 0 Å². The molecule has 1 amide bonds. The van der Waals surface area contributed by atoms with E-state index in [-0.39, 0.29) is 24.4 Å². The molecule has 0 spiro atoms. The molecular formula is C21H31ClN4O3. The van der Waals surface area contributed by atoms with Gasteiger partial charge in [-0.05, 0) is 63.0 Å². The van der Waals surface area contributed by atoms with Gasteiger partial charge in [0, 0.05) is 12.4 Å². The molecule has 0 bridgehead atoms. The van der Waals surface area contributed by atoms with Gasteiger partial charge in [-0.25, -0.2) is 0 Å². The summed E-state index contributed by atoms with van der Waals surface area (Å²) in [6.45, 7) is 6.27. The van der Waals surface area contributed by atoms with Crippen molar-refractivity contribution in [2.75, 3.05) is 26.8 Å². The number of aromatic nitrogens is 2. The van der Waals surface area contributed by atoms with Crippen LogP contribution in [0.5, 0.6) is 11.5 Å². The molecular weight excluding hydrogens is 392 g/mol. The predicted octanol–water partition coefficient (Wildman–Crippen LogP) is 3.06. The second-order valence-corrected chi connectivity index (χ2v) is 7.19. The van der Waals surface area contributed by atoms with Gasteiger partial charge in [0.2, 0.25) is 5.91 Å². The van der Waals surface area contributed by atoms with E-state index in [1.54, 1.807) is 18.0 Å². The fraction of sp³-hybridized carbons (Fsp3) is 0.524. The maximum absolute atomic E-state index is 13.3. The number of carbonyl (C=O) groups excluding carboxylic acids is 1. The summed E-state index contributed by atoms with van der Waals surface area (Å²) in [6, 6.07) is 7.50. The van der Waals surface area contributed by atoms with Crippen LogP contribution in [0.4, 0.5) is 0 Å². The fourth-order valence-electron chi connectivity index (χ4n) is 3.62. The summed E-state index contributed by atoms with van der Waals surface area (Å²) < 4.78 is 13.0. The number of carbonyl (C=O) groups is 1. The molecule has 29 heavy (non-hydrogen) atoms. The van der Waals surface area contributed by atoms with Gasteiger partial charge in [-0.2, -0.15) is 5.10 Å². The van der Waals surface area contributed by atoms with E-state index in [2.05, 4.69) is 22.7 Å². The Kier molecular flexibility index (Phi) is 8.34. The molecule has 1 aliphatic rings. The number of hydrogen-bond acceptors (Lipinski definition) is 5. The van der Waals surface area contributed by atoms with Crippen LogP contribution in [-0.4, -0.2) is 42.5 Å². The van der Waals surface area contributed by atoms with Crippen LogP contribution >= 0.6 is 12.4 Å². The number of benzene rings is 1. The number of amides is 1. The first-order valence-corrected chi connectivity index (χ1v) is 9.93. The van der Waals surface area contributed by atoms with Crippen LogP contribution in [0.1, 0.15) is 44.7 Å². The summed E-state index contributed by atoms with van der Waals surface area (Å²) in [5, 5.41) is 10.9. The number of halogens is 1. The molecule has 8 heteroatoms. The van der Waals surface area contributed by atoms with E-state index in [1.807, 2.05) is 37.4 Å². The van der Waals surface area contributed by atoms with E-state index >= 15 is 0 Å². The molecule has 1 aliphatic heterocycles. The molecule has 0 aliphatic carbocycles. The molecule has 1 aromatic carbocycles. The number of nitrogens with one attached hydrogen (secondary N) is 2. The molecule has 1 atom stereocenters. The zero-order chi connectivity index (χ0) is 20.0. The number of nitrogens with zero attached hydrogens (tertiary/aromatic N) is 2. The molecule has 0 radical (unpaired) electrons. The summed E-state index contributed by atoms with van der Waals surface area (Å²) in [5.74, 6) is 1.39. The third kappa shape index (κ3) is 5.03. The third-order valence-corrected chi connectivity index (χ3v) is 5.29. The van der Waals surface area contributed by atoms with Crippen LogP contribution in [0.2, 0.25) is 0 Å². The maximum atomic E-state index is 13.3. The molecule has 2 heterocycles. The van der Waals surface area contributed by atoms with Crippen LogP contribution in [-0.2, 0) is 10.3 Å². The molecule has 1 aromatic heterocycles. The third-order valence-electron chi connectivity index (χ3n) is 5.29. The second kappa shape index (κ2) is 10.5. The minimum Gasteiger partial charge on any atom is -0.493 e. The standard InChI is InChI=1S/C21H30N4O3.ClH/c1-4-14-28-18-7-6-17(15-19(18)27-3)16(2)24-20(26)21(8-11-22-12-9-21)25-13-5-10-23-25;/h5-7,10,13,15-16,22H,4,8-9,11-12,14H2,1-3H3,(H,24,26);1H. The van der Waals surface area contributed by atoms with E-state index in [1.165, 1.54) is 0 Å². The van der Waals surface area contributed by atoms with Gasteiger partial charge < -0.3 is 20.1 Å². The van der Waals surface area contributed by atoms with E-state index < -0.39 is 5.54 Å². The van der Waals surface area contributed by atoms with Crippen LogP contribution in [0.3, 0.4) is 0 Å². The van der Waals surface area contributed by atoms with Crippen molar-refractivity contribution in [1.82, 2.24) is 20.4 Å². The van der Waals surface area contributed by atoms with Gasteiger partial charge in [0.15, 0.2) is 11.5 Å². The Morgan fingerprint density at radius 1 is 1.34 bits per heavy atom. The highest BCUT2D eigenvalue weighted by Crippen LogP contribution is 2.32. The van der Waals surface area contributed by atoms with Gasteiger partial charge in [0.1, 0.15) is 5.54 Å². The van der Waals surface area contributed by atoms with Crippen molar-refractivity contribution in [3.63, 3.8) is 0 Å². The van der Waals surface area contributed by atoms with E-state index in [9.17, 15) is 4.79 Å². The van der Waals surface area contributed by atoms with Crippen molar-refractivity contribution in [2.24, 2.45) is 0 Å². The number of methoxy groups -OCH3 is 1. The van der Waals surface area contributed by atoms with Crippen molar-refractivity contribution < 1.29 is 14.3 Å². The Morgan fingerprint density at radius 3 is 2.72 bits per heavy atom. The lowest BCUT2D eigenvalue weighted by Gasteiger charge is -2.37. The summed E-state index contributed by atoms with van der Waals surface area (Å²) in [7, 11) is 1.63. The number of ether oxygens (including phenoxy) is 2. The highest BCUT2D eigenvalue weighted by Gasteiger charge is 2.42. The Morgan fingerprint density at radius 2 is 2.10 bits per heavy atom. The van der Waals surface area contributed by atoms with Gasteiger partial charge in [-0.15, -0.1) is 12.4 Å². The Bertz CT molecular complexity index is 776. The van der Waals surface area contributed by atoms with Crippen molar-refractivity contribution in [3.05, 3.63) is 42.2 Å². The molecule has 1 fully saturated rings. The van der Waals surface area contributed by atoms with Crippen molar-refractivity contribution in [2.45, 2.75) is 44.7 Å². The molecule has 1 saturated heterocycles. The highest BCUT2D eigenvalue weighted by atomic mass is 35.5. The van der Waals surface area contributed by atoms with Crippen molar-refractivity contribution >= 4 is 18.3 Å². The second-order valence-electron chi connectivity index (χ2n) is 7.19. The molecule has 0 saturated carbocycles. The average molecular weight is 423 g/mol. The molecule has 2 aromatic rings. The lowest BCUT2D eigenvalue weighted by molar-refractivity contribution is -0.132. The zero-order valence-corrected chi connectivity index (χ0v) is 18.1. The summed E-state index contributed by atoms with van der Waals surface area (Å²) in [5.41, 5.74) is 0.315. The minimum absolute atomic E-state index is 0. The molecule has 1 unspecified atom stereocenters. The summed E-state index contributed by atoms with van der Waals surface area (Å²) >= 11 is 0. The first kappa shape index (κ1) is 23.0. The van der Waals surface area contributed by atoms with Crippen LogP contribution in [0.25, 0.3) is 0 Å². The normalized spacial score (nSPS) is 16.4. The van der Waals surface area contributed by atoms with Gasteiger partial charge in [-0.3, -0.25) is 9.48 Å². The first-order valence-electron chi connectivity index (χ1n) is 9.93. The molecule has 2 N–H and O–H groups in total. The van der Waals surface area contributed by atoms with Crippen LogP contribution < -0.4 is 20.1 Å². The molecule has 7 nitrogen and oxygen atoms in total. The predicted molar refractivity (Wildman–Crippen MR) is 115 cm³/mol. The SMILES string of the molecule is CCCOc1ccc(C(C)NC(=O)C2(n3cccn3)CCNCC2)cc1OC.Cl. The van der Waals surface area contributed by atoms with Gasteiger partial charge >= 0.3 is 0 Å². The van der Waals surface area contributed by atoms with Crippen molar-refractivity contribution in [3.8, 4) is 11.5 Å². The lowest BCUT2D eigenvalue weighted by atomic mass is 9.87. The minimum atomic E-state index is -0.655. The maximum Gasteiger partial charge on any atom is 0.248 e. The number of piperidine rings is 1.